The molecule has 0 aliphatic carbocycles. The number of urea groups is 1. The molecule has 1 saturated heterocycles. The first-order valence-electron chi connectivity index (χ1n) is 6.84. The molecule has 2 N–H and O–H groups in total. The lowest BCUT2D eigenvalue weighted by atomic mass is 9.98. The second-order valence-electron chi connectivity index (χ2n) is 4.93. The van der Waals surface area contributed by atoms with Crippen LogP contribution in [0.15, 0.2) is 0 Å². The van der Waals surface area contributed by atoms with Crippen LogP contribution in [0.4, 0.5) is 4.79 Å². The lowest BCUT2D eigenvalue weighted by Gasteiger charge is -2.32. The largest absolute Gasteiger partial charge is 0.480 e. The number of nitrogens with zero attached hydrogens (tertiary/aromatic N) is 1. The van der Waals surface area contributed by atoms with E-state index in [2.05, 4.69) is 5.32 Å². The van der Waals surface area contributed by atoms with Crippen molar-refractivity contribution in [1.82, 2.24) is 10.2 Å². The summed E-state index contributed by atoms with van der Waals surface area (Å²) in [7, 11) is 1.32. The number of carbonyl (C=O) groups is 3. The number of carbonyl (C=O) groups excluding carboxylic acids is 2. The van der Waals surface area contributed by atoms with Crippen LogP contribution in [-0.2, 0) is 14.3 Å². The fraction of sp³-hybridized carbons (Fsp3) is 0.769. The highest BCUT2D eigenvalue weighted by molar-refractivity contribution is 7.98. The number of likely N-dealkylation sites (tertiary alicyclic amines) is 1. The Balaban J connectivity index is 2.56. The van der Waals surface area contributed by atoms with Gasteiger partial charge in [-0.2, -0.15) is 11.8 Å². The summed E-state index contributed by atoms with van der Waals surface area (Å²) < 4.78 is 4.70. The number of carboxylic acids is 1. The molecule has 0 spiro atoms. The normalized spacial score (nSPS) is 19.7. The SMILES string of the molecule is COC(=O)C1CCCN(C(=O)N[C@@H](CCSC)C(=O)O)C1. The van der Waals surface area contributed by atoms with Crippen LogP contribution in [-0.4, -0.2) is 66.2 Å². The quantitative estimate of drug-likeness (QED) is 0.703. The third-order valence-corrected chi connectivity index (χ3v) is 4.09. The molecule has 8 heteroatoms. The lowest BCUT2D eigenvalue weighted by molar-refractivity contribution is -0.147. The number of aliphatic carboxylic acids is 1. The number of carboxylic acid groups (broad SMARTS) is 1. The summed E-state index contributed by atoms with van der Waals surface area (Å²) in [5, 5.41) is 11.6. The molecule has 1 rings (SSSR count). The van der Waals surface area contributed by atoms with Crippen molar-refractivity contribution in [2.45, 2.75) is 25.3 Å². The molecule has 7 nitrogen and oxygen atoms in total. The van der Waals surface area contributed by atoms with Crippen LogP contribution in [0.5, 0.6) is 0 Å². The lowest BCUT2D eigenvalue weighted by Crippen LogP contribution is -2.51. The number of hydrogen-bond acceptors (Lipinski definition) is 5. The Labute approximate surface area is 128 Å². The van der Waals surface area contributed by atoms with E-state index in [4.69, 9.17) is 9.84 Å². The number of amides is 2. The van der Waals surface area contributed by atoms with Crippen molar-refractivity contribution in [1.29, 1.82) is 0 Å². The van der Waals surface area contributed by atoms with Crippen molar-refractivity contribution in [2.24, 2.45) is 5.92 Å². The Morgan fingerprint density at radius 2 is 2.19 bits per heavy atom. The molecule has 21 heavy (non-hydrogen) atoms. The van der Waals surface area contributed by atoms with Gasteiger partial charge in [0.1, 0.15) is 6.04 Å². The van der Waals surface area contributed by atoms with E-state index in [1.165, 1.54) is 23.8 Å². The van der Waals surface area contributed by atoms with Crippen LogP contribution >= 0.6 is 11.8 Å². The van der Waals surface area contributed by atoms with Crippen molar-refractivity contribution in [3.63, 3.8) is 0 Å². The Morgan fingerprint density at radius 3 is 2.76 bits per heavy atom. The number of nitrogens with one attached hydrogen (secondary N) is 1. The number of ether oxygens (including phenoxy) is 1. The summed E-state index contributed by atoms with van der Waals surface area (Å²) in [6.07, 6.45) is 3.64. The molecule has 0 aromatic carbocycles. The standard InChI is InChI=1S/C13H22N2O5S/c1-20-12(18)9-4-3-6-15(8-9)13(19)14-10(11(16)17)5-7-21-2/h9-10H,3-8H2,1-2H3,(H,14,19)(H,16,17)/t9?,10-/m0/s1. The van der Waals surface area contributed by atoms with Gasteiger partial charge in [-0.15, -0.1) is 0 Å². The molecule has 2 amide bonds. The summed E-state index contributed by atoms with van der Waals surface area (Å²) in [5.41, 5.74) is 0. The predicted octanol–water partition coefficient (Wildman–Crippen LogP) is 0.787. The number of esters is 1. The van der Waals surface area contributed by atoms with E-state index < -0.39 is 18.0 Å². The Bertz CT molecular complexity index is 391. The minimum absolute atomic E-state index is 0.271. The summed E-state index contributed by atoms with van der Waals surface area (Å²) in [5.74, 6) is -1.05. The summed E-state index contributed by atoms with van der Waals surface area (Å²) in [6, 6.07) is -1.33. The summed E-state index contributed by atoms with van der Waals surface area (Å²) in [6.45, 7) is 0.793. The number of methoxy groups -OCH3 is 1. The molecule has 2 atom stereocenters. The maximum atomic E-state index is 12.1. The molecule has 120 valence electrons. The van der Waals surface area contributed by atoms with Gasteiger partial charge in [0.25, 0.3) is 0 Å². The Hall–Kier alpha value is -1.44. The van der Waals surface area contributed by atoms with Crippen molar-refractivity contribution >= 4 is 29.7 Å². The first kappa shape index (κ1) is 17.6. The number of hydrogen-bond donors (Lipinski definition) is 2. The number of piperidine rings is 1. The third kappa shape index (κ3) is 5.45. The van der Waals surface area contributed by atoms with E-state index in [0.717, 1.165) is 0 Å². The molecule has 1 fully saturated rings. The van der Waals surface area contributed by atoms with Crippen molar-refractivity contribution in [3.8, 4) is 0 Å². The highest BCUT2D eigenvalue weighted by atomic mass is 32.2. The maximum Gasteiger partial charge on any atom is 0.326 e. The molecular weight excluding hydrogens is 296 g/mol. The van der Waals surface area contributed by atoms with Gasteiger partial charge in [-0.1, -0.05) is 0 Å². The second kappa shape index (κ2) is 8.76. The predicted molar refractivity (Wildman–Crippen MR) is 79.3 cm³/mol. The van der Waals surface area contributed by atoms with E-state index in [0.29, 0.717) is 31.6 Å². The van der Waals surface area contributed by atoms with Gasteiger partial charge in [0, 0.05) is 13.1 Å². The van der Waals surface area contributed by atoms with Crippen LogP contribution in [0.25, 0.3) is 0 Å². The molecule has 1 aliphatic heterocycles. The van der Waals surface area contributed by atoms with Crippen LogP contribution in [0.1, 0.15) is 19.3 Å². The van der Waals surface area contributed by atoms with E-state index in [-0.39, 0.29) is 18.4 Å². The van der Waals surface area contributed by atoms with Crippen molar-refractivity contribution in [3.05, 3.63) is 0 Å². The number of thioether (sulfide) groups is 1. The van der Waals surface area contributed by atoms with E-state index in [9.17, 15) is 14.4 Å². The van der Waals surface area contributed by atoms with Gasteiger partial charge in [-0.3, -0.25) is 4.79 Å². The van der Waals surface area contributed by atoms with E-state index >= 15 is 0 Å². The third-order valence-electron chi connectivity index (χ3n) is 3.45. The molecule has 0 aromatic rings. The summed E-state index contributed by atoms with van der Waals surface area (Å²) >= 11 is 1.53. The zero-order valence-electron chi connectivity index (χ0n) is 12.3. The maximum absolute atomic E-state index is 12.1. The minimum Gasteiger partial charge on any atom is -0.480 e. The first-order chi connectivity index (χ1) is 9.99. The van der Waals surface area contributed by atoms with Gasteiger partial charge in [-0.05, 0) is 31.3 Å². The smallest absolute Gasteiger partial charge is 0.326 e. The highest BCUT2D eigenvalue weighted by Gasteiger charge is 2.30. The molecule has 0 saturated carbocycles. The average molecular weight is 318 g/mol. The topological polar surface area (TPSA) is 95.9 Å². The van der Waals surface area contributed by atoms with Gasteiger partial charge < -0.3 is 20.1 Å². The fourth-order valence-corrected chi connectivity index (χ4v) is 2.73. The fourth-order valence-electron chi connectivity index (χ4n) is 2.25. The van der Waals surface area contributed by atoms with Crippen LogP contribution in [0.2, 0.25) is 0 Å². The zero-order valence-corrected chi connectivity index (χ0v) is 13.1. The van der Waals surface area contributed by atoms with Crippen molar-refractivity contribution in [2.75, 3.05) is 32.2 Å². The monoisotopic (exact) mass is 318 g/mol. The molecule has 0 aromatic heterocycles. The van der Waals surface area contributed by atoms with Crippen LogP contribution < -0.4 is 5.32 Å². The zero-order chi connectivity index (χ0) is 15.8. The Morgan fingerprint density at radius 1 is 1.48 bits per heavy atom. The molecular formula is C13H22N2O5S. The van der Waals surface area contributed by atoms with Gasteiger partial charge in [0.05, 0.1) is 13.0 Å². The molecule has 0 bridgehead atoms. The minimum atomic E-state index is -1.04. The highest BCUT2D eigenvalue weighted by Crippen LogP contribution is 2.18. The summed E-state index contributed by atoms with van der Waals surface area (Å²) in [4.78, 5) is 36.3. The van der Waals surface area contributed by atoms with E-state index in [1.54, 1.807) is 0 Å². The first-order valence-corrected chi connectivity index (χ1v) is 8.24. The van der Waals surface area contributed by atoms with Gasteiger partial charge in [0.2, 0.25) is 0 Å². The van der Waals surface area contributed by atoms with Gasteiger partial charge in [0.15, 0.2) is 0 Å². The van der Waals surface area contributed by atoms with Gasteiger partial charge in [-0.25, -0.2) is 9.59 Å². The molecule has 1 heterocycles. The Kier molecular flexibility index (Phi) is 7.35. The second-order valence-corrected chi connectivity index (χ2v) is 5.92. The molecule has 0 radical (unpaired) electrons. The van der Waals surface area contributed by atoms with Crippen molar-refractivity contribution < 1.29 is 24.2 Å². The molecule has 1 unspecified atom stereocenters. The van der Waals surface area contributed by atoms with E-state index in [1.807, 2.05) is 6.26 Å². The van der Waals surface area contributed by atoms with Crippen LogP contribution in [0, 0.1) is 5.92 Å². The molecule has 1 aliphatic rings. The van der Waals surface area contributed by atoms with Crippen LogP contribution in [0.3, 0.4) is 0 Å². The average Bonchev–Trinajstić information content (AvgIpc) is 2.50. The van der Waals surface area contributed by atoms with Gasteiger partial charge >= 0.3 is 18.0 Å². The number of rotatable bonds is 6.